The van der Waals surface area contributed by atoms with Crippen LogP contribution in [0.2, 0.25) is 0 Å². The number of rotatable bonds is 4. The van der Waals surface area contributed by atoms with Crippen LogP contribution in [0.5, 0.6) is 0 Å². The van der Waals surface area contributed by atoms with Crippen molar-refractivity contribution in [1.29, 1.82) is 0 Å². The summed E-state index contributed by atoms with van der Waals surface area (Å²) in [5.41, 5.74) is 7.96. The second-order valence-electron chi connectivity index (χ2n) is 4.39. The van der Waals surface area contributed by atoms with Gasteiger partial charge in [0.15, 0.2) is 0 Å². The maximum absolute atomic E-state index is 5.85. The van der Waals surface area contributed by atoms with Gasteiger partial charge in [0.25, 0.3) is 0 Å². The first-order chi connectivity index (χ1) is 8.68. The molecule has 0 bridgehead atoms. The van der Waals surface area contributed by atoms with Crippen LogP contribution < -0.4 is 5.73 Å². The van der Waals surface area contributed by atoms with Crippen molar-refractivity contribution in [3.63, 3.8) is 0 Å². The summed E-state index contributed by atoms with van der Waals surface area (Å²) in [5, 5.41) is 0. The smallest absolute Gasteiger partial charge is 0.127 e. The van der Waals surface area contributed by atoms with E-state index in [1.165, 1.54) is 0 Å². The number of pyridine rings is 2. The van der Waals surface area contributed by atoms with Gasteiger partial charge in [0.2, 0.25) is 0 Å². The molecule has 0 aliphatic rings. The Morgan fingerprint density at radius 1 is 1.17 bits per heavy atom. The minimum Gasteiger partial charge on any atom is -0.383 e. The average molecular weight is 242 g/mol. The Morgan fingerprint density at radius 3 is 2.61 bits per heavy atom. The standard InChI is InChI=1S/C14H18N4/c1-11(13-7-3-4-8-16-13)18(2)10-12-6-5-9-17-14(12)15/h3-9,11H,10H2,1-2H3,(H2,15,17). The Labute approximate surface area is 107 Å². The highest BCUT2D eigenvalue weighted by atomic mass is 15.1. The third kappa shape index (κ3) is 2.84. The van der Waals surface area contributed by atoms with E-state index in [1.54, 1.807) is 6.20 Å². The molecule has 0 aliphatic heterocycles. The fraction of sp³-hybridized carbons (Fsp3) is 0.286. The summed E-state index contributed by atoms with van der Waals surface area (Å²) in [7, 11) is 2.06. The van der Waals surface area contributed by atoms with Crippen molar-refractivity contribution in [3.8, 4) is 0 Å². The van der Waals surface area contributed by atoms with Crippen LogP contribution in [0.3, 0.4) is 0 Å². The second-order valence-corrected chi connectivity index (χ2v) is 4.39. The molecule has 1 atom stereocenters. The molecule has 94 valence electrons. The zero-order chi connectivity index (χ0) is 13.0. The molecule has 0 amide bonds. The van der Waals surface area contributed by atoms with Crippen molar-refractivity contribution in [3.05, 3.63) is 54.0 Å². The number of anilines is 1. The first-order valence-electron chi connectivity index (χ1n) is 5.99. The third-order valence-electron chi connectivity index (χ3n) is 3.12. The predicted molar refractivity (Wildman–Crippen MR) is 72.8 cm³/mol. The van der Waals surface area contributed by atoms with Crippen molar-refractivity contribution >= 4 is 5.82 Å². The average Bonchev–Trinajstić information content (AvgIpc) is 2.41. The van der Waals surface area contributed by atoms with E-state index >= 15 is 0 Å². The lowest BCUT2D eigenvalue weighted by Gasteiger charge is -2.24. The molecule has 0 saturated heterocycles. The Kier molecular flexibility index (Phi) is 3.89. The molecular formula is C14H18N4. The van der Waals surface area contributed by atoms with Crippen LogP contribution in [0, 0.1) is 0 Å². The molecule has 0 saturated carbocycles. The van der Waals surface area contributed by atoms with E-state index < -0.39 is 0 Å². The van der Waals surface area contributed by atoms with Gasteiger partial charge in [0.05, 0.1) is 5.69 Å². The van der Waals surface area contributed by atoms with Crippen LogP contribution in [0.4, 0.5) is 5.82 Å². The maximum atomic E-state index is 5.85. The van der Waals surface area contributed by atoms with E-state index in [9.17, 15) is 0 Å². The third-order valence-corrected chi connectivity index (χ3v) is 3.12. The summed E-state index contributed by atoms with van der Waals surface area (Å²) in [6.45, 7) is 2.90. The van der Waals surface area contributed by atoms with E-state index in [0.29, 0.717) is 5.82 Å². The molecule has 4 nitrogen and oxygen atoms in total. The molecule has 2 N–H and O–H groups in total. The van der Waals surface area contributed by atoms with E-state index in [0.717, 1.165) is 17.8 Å². The molecule has 0 fully saturated rings. The van der Waals surface area contributed by atoms with Gasteiger partial charge in [0.1, 0.15) is 5.82 Å². The first-order valence-corrected chi connectivity index (χ1v) is 5.99. The Morgan fingerprint density at radius 2 is 1.94 bits per heavy atom. The van der Waals surface area contributed by atoms with Gasteiger partial charge in [-0.2, -0.15) is 0 Å². The minimum absolute atomic E-state index is 0.241. The van der Waals surface area contributed by atoms with Crippen molar-refractivity contribution in [2.45, 2.75) is 19.5 Å². The van der Waals surface area contributed by atoms with Crippen molar-refractivity contribution in [1.82, 2.24) is 14.9 Å². The summed E-state index contributed by atoms with van der Waals surface area (Å²) in [6, 6.07) is 10.1. The molecular weight excluding hydrogens is 224 g/mol. The second kappa shape index (κ2) is 5.60. The topological polar surface area (TPSA) is 55.0 Å². The lowest BCUT2D eigenvalue weighted by atomic mass is 10.1. The summed E-state index contributed by atoms with van der Waals surface area (Å²) in [4.78, 5) is 10.7. The highest BCUT2D eigenvalue weighted by molar-refractivity contribution is 5.38. The van der Waals surface area contributed by atoms with Gasteiger partial charge in [-0.25, -0.2) is 4.98 Å². The van der Waals surface area contributed by atoms with Gasteiger partial charge in [-0.1, -0.05) is 12.1 Å². The van der Waals surface area contributed by atoms with Crippen LogP contribution in [0.1, 0.15) is 24.2 Å². The fourth-order valence-corrected chi connectivity index (χ4v) is 1.84. The zero-order valence-electron chi connectivity index (χ0n) is 10.7. The van der Waals surface area contributed by atoms with E-state index in [-0.39, 0.29) is 6.04 Å². The number of aromatic nitrogens is 2. The summed E-state index contributed by atoms with van der Waals surface area (Å²) >= 11 is 0. The van der Waals surface area contributed by atoms with Crippen molar-refractivity contribution in [2.24, 2.45) is 0 Å². The SMILES string of the molecule is CC(c1ccccn1)N(C)Cc1cccnc1N. The highest BCUT2D eigenvalue weighted by Gasteiger charge is 2.13. The van der Waals surface area contributed by atoms with Crippen LogP contribution in [0.25, 0.3) is 0 Å². The van der Waals surface area contributed by atoms with Crippen LogP contribution >= 0.6 is 0 Å². The molecule has 4 heteroatoms. The molecule has 1 unspecified atom stereocenters. The number of hydrogen-bond donors (Lipinski definition) is 1. The lowest BCUT2D eigenvalue weighted by molar-refractivity contribution is 0.249. The molecule has 2 heterocycles. The number of nitrogen functional groups attached to an aromatic ring is 1. The summed E-state index contributed by atoms with van der Waals surface area (Å²) < 4.78 is 0. The number of nitrogens with two attached hydrogens (primary N) is 1. The van der Waals surface area contributed by atoms with E-state index in [1.807, 2.05) is 36.5 Å². The first kappa shape index (κ1) is 12.5. The van der Waals surface area contributed by atoms with Crippen molar-refractivity contribution in [2.75, 3.05) is 12.8 Å². The fourth-order valence-electron chi connectivity index (χ4n) is 1.84. The lowest BCUT2D eigenvalue weighted by Crippen LogP contribution is -2.23. The number of nitrogens with zero attached hydrogens (tertiary/aromatic N) is 3. The molecule has 2 aromatic heterocycles. The molecule has 18 heavy (non-hydrogen) atoms. The molecule has 0 radical (unpaired) electrons. The Bertz CT molecular complexity index is 498. The zero-order valence-corrected chi connectivity index (χ0v) is 10.7. The van der Waals surface area contributed by atoms with Gasteiger partial charge in [-0.15, -0.1) is 0 Å². The molecule has 0 aromatic carbocycles. The van der Waals surface area contributed by atoms with Gasteiger partial charge in [0, 0.05) is 30.5 Å². The Hall–Kier alpha value is -1.94. The summed E-state index contributed by atoms with van der Waals surface area (Å²) in [5.74, 6) is 0.595. The van der Waals surface area contributed by atoms with E-state index in [4.69, 9.17) is 5.73 Å². The van der Waals surface area contributed by atoms with Crippen LogP contribution in [-0.4, -0.2) is 21.9 Å². The van der Waals surface area contributed by atoms with Crippen LogP contribution in [-0.2, 0) is 6.54 Å². The molecule has 2 rings (SSSR count). The maximum Gasteiger partial charge on any atom is 0.127 e. The van der Waals surface area contributed by atoms with Gasteiger partial charge in [-0.3, -0.25) is 9.88 Å². The number of hydrogen-bond acceptors (Lipinski definition) is 4. The highest BCUT2D eigenvalue weighted by Crippen LogP contribution is 2.19. The Balaban J connectivity index is 2.09. The monoisotopic (exact) mass is 242 g/mol. The largest absolute Gasteiger partial charge is 0.383 e. The quantitative estimate of drug-likeness (QED) is 0.893. The normalized spacial score (nSPS) is 12.6. The van der Waals surface area contributed by atoms with Gasteiger partial charge >= 0.3 is 0 Å². The minimum atomic E-state index is 0.241. The van der Waals surface area contributed by atoms with Crippen molar-refractivity contribution < 1.29 is 0 Å². The molecule has 2 aromatic rings. The van der Waals surface area contributed by atoms with Gasteiger partial charge in [-0.05, 0) is 32.2 Å². The van der Waals surface area contributed by atoms with E-state index in [2.05, 4.69) is 28.8 Å². The molecule has 0 spiro atoms. The predicted octanol–water partition coefficient (Wildman–Crippen LogP) is 2.25. The molecule has 0 aliphatic carbocycles. The summed E-state index contributed by atoms with van der Waals surface area (Å²) in [6.07, 6.45) is 3.53. The van der Waals surface area contributed by atoms with Gasteiger partial charge < -0.3 is 5.73 Å². The van der Waals surface area contributed by atoms with Crippen LogP contribution in [0.15, 0.2) is 42.7 Å².